The highest BCUT2D eigenvalue weighted by atomic mass is 35.5. The van der Waals surface area contributed by atoms with Crippen molar-refractivity contribution in [1.29, 1.82) is 0 Å². The lowest BCUT2D eigenvalue weighted by atomic mass is 10.0. The molecule has 0 aliphatic rings. The van der Waals surface area contributed by atoms with Crippen molar-refractivity contribution in [3.05, 3.63) is 101 Å². The van der Waals surface area contributed by atoms with Gasteiger partial charge in [-0.25, -0.2) is 0 Å². The van der Waals surface area contributed by atoms with Crippen LogP contribution >= 0.6 is 23.4 Å². The summed E-state index contributed by atoms with van der Waals surface area (Å²) in [5.74, 6) is 0.490. The zero-order valence-electron chi connectivity index (χ0n) is 20.4. The molecule has 0 saturated heterocycles. The fourth-order valence-electron chi connectivity index (χ4n) is 3.82. The van der Waals surface area contributed by atoms with Crippen molar-refractivity contribution in [2.75, 3.05) is 12.3 Å². The van der Waals surface area contributed by atoms with Gasteiger partial charge in [-0.05, 0) is 54.3 Å². The van der Waals surface area contributed by atoms with Crippen LogP contribution in [0, 0.1) is 6.92 Å². The molecule has 1 atom stereocenters. The third-order valence-electron chi connectivity index (χ3n) is 5.82. The lowest BCUT2D eigenvalue weighted by Gasteiger charge is -2.32. The van der Waals surface area contributed by atoms with Crippen molar-refractivity contribution in [1.82, 2.24) is 10.2 Å². The molecule has 3 aromatic rings. The highest BCUT2D eigenvalue weighted by Gasteiger charge is 2.30. The summed E-state index contributed by atoms with van der Waals surface area (Å²) in [5.41, 5.74) is 3.18. The van der Waals surface area contributed by atoms with E-state index in [4.69, 9.17) is 11.6 Å². The van der Waals surface area contributed by atoms with E-state index in [1.54, 1.807) is 16.7 Å². The molecule has 3 rings (SSSR count). The zero-order valence-corrected chi connectivity index (χ0v) is 21.9. The fourth-order valence-corrected chi connectivity index (χ4v) is 4.79. The Morgan fingerprint density at radius 2 is 1.66 bits per heavy atom. The number of aryl methyl sites for hydroxylation is 1. The van der Waals surface area contributed by atoms with Crippen molar-refractivity contribution in [2.24, 2.45) is 0 Å². The van der Waals surface area contributed by atoms with Crippen molar-refractivity contribution < 1.29 is 9.59 Å². The standard InChI is InChI=1S/C29H33ClN2O2S/c1-3-18-31-29(34)27(20-23-10-5-4-6-11-23)32(21-24-12-8-7-9-22(24)2)28(33)17-19-35-26-15-13-25(30)14-16-26/h4-16,27H,3,17-21H2,1-2H3,(H,31,34)/t27-/m0/s1. The van der Waals surface area contributed by atoms with Gasteiger partial charge in [0.25, 0.3) is 0 Å². The van der Waals surface area contributed by atoms with Crippen LogP contribution in [-0.2, 0) is 22.6 Å². The Bertz CT molecular complexity index is 1090. The molecule has 0 aliphatic carbocycles. The predicted octanol–water partition coefficient (Wildman–Crippen LogP) is 6.30. The number of hydrogen-bond donors (Lipinski definition) is 1. The zero-order chi connectivity index (χ0) is 25.0. The lowest BCUT2D eigenvalue weighted by molar-refractivity contribution is -0.141. The van der Waals surface area contributed by atoms with Crippen molar-refractivity contribution in [2.45, 2.75) is 50.6 Å². The molecule has 184 valence electrons. The number of nitrogens with one attached hydrogen (secondary N) is 1. The number of rotatable bonds is 12. The first-order valence-corrected chi connectivity index (χ1v) is 13.4. The van der Waals surface area contributed by atoms with Gasteiger partial charge in [-0.1, -0.05) is 73.1 Å². The summed E-state index contributed by atoms with van der Waals surface area (Å²) >= 11 is 7.60. The maximum atomic E-state index is 13.6. The van der Waals surface area contributed by atoms with Gasteiger partial charge in [0.1, 0.15) is 6.04 Å². The molecule has 0 fully saturated rings. The second kappa shape index (κ2) is 14.0. The van der Waals surface area contributed by atoms with E-state index in [2.05, 4.69) is 5.32 Å². The third-order valence-corrected chi connectivity index (χ3v) is 7.09. The van der Waals surface area contributed by atoms with Crippen molar-refractivity contribution >= 4 is 35.2 Å². The summed E-state index contributed by atoms with van der Waals surface area (Å²) < 4.78 is 0. The molecule has 0 radical (unpaired) electrons. The molecular weight excluding hydrogens is 476 g/mol. The number of benzene rings is 3. The Hall–Kier alpha value is -2.76. The van der Waals surface area contributed by atoms with Crippen LogP contribution in [0.15, 0.2) is 83.8 Å². The second-order valence-electron chi connectivity index (χ2n) is 8.50. The molecule has 35 heavy (non-hydrogen) atoms. The normalized spacial score (nSPS) is 11.6. The number of carbonyl (C=O) groups is 2. The quantitative estimate of drug-likeness (QED) is 0.292. The van der Waals surface area contributed by atoms with Crippen LogP contribution in [0.2, 0.25) is 5.02 Å². The molecule has 0 unspecified atom stereocenters. The van der Waals surface area contributed by atoms with Gasteiger partial charge in [-0.15, -0.1) is 11.8 Å². The van der Waals surface area contributed by atoms with E-state index in [-0.39, 0.29) is 11.8 Å². The molecule has 0 aliphatic heterocycles. The maximum absolute atomic E-state index is 13.6. The summed E-state index contributed by atoms with van der Waals surface area (Å²) in [6, 6.07) is 25.0. The minimum absolute atomic E-state index is 0.0257. The molecule has 2 amide bonds. The predicted molar refractivity (Wildman–Crippen MR) is 146 cm³/mol. The minimum Gasteiger partial charge on any atom is -0.354 e. The SMILES string of the molecule is CCCNC(=O)[C@H](Cc1ccccc1)N(Cc1ccccc1C)C(=O)CCSc1ccc(Cl)cc1. The Kier molecular flexibility index (Phi) is 10.7. The van der Waals surface area contributed by atoms with Gasteiger partial charge in [0.15, 0.2) is 0 Å². The van der Waals surface area contributed by atoms with E-state index >= 15 is 0 Å². The number of hydrogen-bond acceptors (Lipinski definition) is 3. The molecule has 0 aromatic heterocycles. The monoisotopic (exact) mass is 508 g/mol. The van der Waals surface area contributed by atoms with Crippen molar-refractivity contribution in [3.8, 4) is 0 Å². The van der Waals surface area contributed by atoms with E-state index in [1.807, 2.05) is 92.7 Å². The van der Waals surface area contributed by atoms with E-state index in [0.29, 0.717) is 36.7 Å². The molecular formula is C29H33ClN2O2S. The molecule has 6 heteroatoms. The van der Waals surface area contributed by atoms with Gasteiger partial charge in [-0.3, -0.25) is 9.59 Å². The van der Waals surface area contributed by atoms with Crippen LogP contribution in [0.5, 0.6) is 0 Å². The first kappa shape index (κ1) is 26.8. The van der Waals surface area contributed by atoms with Crippen LogP contribution < -0.4 is 5.32 Å². The first-order chi connectivity index (χ1) is 17.0. The van der Waals surface area contributed by atoms with Crippen molar-refractivity contribution in [3.63, 3.8) is 0 Å². The average Bonchev–Trinajstić information content (AvgIpc) is 2.87. The van der Waals surface area contributed by atoms with E-state index in [1.165, 1.54) is 0 Å². The summed E-state index contributed by atoms with van der Waals surface area (Å²) in [6.07, 6.45) is 1.65. The smallest absolute Gasteiger partial charge is 0.243 e. The van der Waals surface area contributed by atoms with E-state index < -0.39 is 6.04 Å². The lowest BCUT2D eigenvalue weighted by Crippen LogP contribution is -2.50. The van der Waals surface area contributed by atoms with Gasteiger partial charge in [0.2, 0.25) is 11.8 Å². The number of thioether (sulfide) groups is 1. The molecule has 4 nitrogen and oxygen atoms in total. The Morgan fingerprint density at radius 3 is 2.34 bits per heavy atom. The molecule has 3 aromatic carbocycles. The van der Waals surface area contributed by atoms with Crippen LogP contribution in [0.4, 0.5) is 0 Å². The molecule has 0 bridgehead atoms. The highest BCUT2D eigenvalue weighted by molar-refractivity contribution is 7.99. The second-order valence-corrected chi connectivity index (χ2v) is 10.1. The van der Waals surface area contributed by atoms with E-state index in [0.717, 1.165) is 28.0 Å². The average molecular weight is 509 g/mol. The summed E-state index contributed by atoms with van der Waals surface area (Å²) in [4.78, 5) is 29.8. The summed E-state index contributed by atoms with van der Waals surface area (Å²) in [6.45, 7) is 5.05. The minimum atomic E-state index is -0.586. The molecule has 0 heterocycles. The summed E-state index contributed by atoms with van der Waals surface area (Å²) in [7, 11) is 0. The van der Waals surface area contributed by atoms with Crippen LogP contribution in [0.25, 0.3) is 0 Å². The molecule has 0 spiro atoms. The number of nitrogens with zero attached hydrogens (tertiary/aromatic N) is 1. The maximum Gasteiger partial charge on any atom is 0.243 e. The van der Waals surface area contributed by atoms with Crippen LogP contribution in [-0.4, -0.2) is 35.1 Å². The Morgan fingerprint density at radius 1 is 0.971 bits per heavy atom. The number of amides is 2. The third kappa shape index (κ3) is 8.44. The van der Waals surface area contributed by atoms with Crippen LogP contribution in [0.3, 0.4) is 0 Å². The van der Waals surface area contributed by atoms with Gasteiger partial charge in [0.05, 0.1) is 0 Å². The number of carbonyl (C=O) groups excluding carboxylic acids is 2. The number of halogens is 1. The van der Waals surface area contributed by atoms with Gasteiger partial charge in [-0.2, -0.15) is 0 Å². The van der Waals surface area contributed by atoms with Gasteiger partial charge >= 0.3 is 0 Å². The summed E-state index contributed by atoms with van der Waals surface area (Å²) in [5, 5.41) is 3.72. The largest absolute Gasteiger partial charge is 0.354 e. The first-order valence-electron chi connectivity index (χ1n) is 12.0. The van der Waals surface area contributed by atoms with E-state index in [9.17, 15) is 9.59 Å². The van der Waals surface area contributed by atoms with Gasteiger partial charge < -0.3 is 10.2 Å². The highest BCUT2D eigenvalue weighted by Crippen LogP contribution is 2.23. The topological polar surface area (TPSA) is 49.4 Å². The Labute approximate surface area is 218 Å². The molecule has 1 N–H and O–H groups in total. The Balaban J connectivity index is 1.83. The molecule has 0 saturated carbocycles. The van der Waals surface area contributed by atoms with Crippen LogP contribution in [0.1, 0.15) is 36.5 Å². The van der Waals surface area contributed by atoms with Gasteiger partial charge in [0, 0.05) is 41.6 Å². The fraction of sp³-hybridized carbons (Fsp3) is 0.310.